The third-order valence-electron chi connectivity index (χ3n) is 3.60. The van der Waals surface area contributed by atoms with Crippen LogP contribution in [0.2, 0.25) is 5.15 Å². The first-order valence-electron chi connectivity index (χ1n) is 7.55. The molecule has 1 aliphatic rings. The molecular weight excluding hydrogens is 362 g/mol. The van der Waals surface area contributed by atoms with E-state index < -0.39 is 0 Å². The Balaban J connectivity index is 1.68. The normalized spacial score (nSPS) is 14.0. The van der Waals surface area contributed by atoms with E-state index in [4.69, 9.17) is 11.6 Å². The highest BCUT2D eigenvalue weighted by Gasteiger charge is 2.27. The van der Waals surface area contributed by atoms with Crippen LogP contribution < -0.4 is 0 Å². The molecular formula is C16H14ClN5S2. The molecule has 1 saturated carbocycles. The number of nitrogens with zero attached hydrogens (tertiary/aromatic N) is 5. The van der Waals surface area contributed by atoms with Gasteiger partial charge in [-0.15, -0.1) is 28.1 Å². The zero-order chi connectivity index (χ0) is 16.5. The fourth-order valence-corrected chi connectivity index (χ4v) is 4.15. The minimum absolute atomic E-state index is 0.454. The van der Waals surface area contributed by atoms with Crippen LogP contribution in [0.25, 0.3) is 10.7 Å². The number of aromatic nitrogens is 5. The summed E-state index contributed by atoms with van der Waals surface area (Å²) in [6, 6.07) is 5.82. The lowest BCUT2D eigenvalue weighted by atomic mass is 10.4. The van der Waals surface area contributed by atoms with Crippen LogP contribution in [0, 0.1) is 0 Å². The highest BCUT2D eigenvalue weighted by atomic mass is 35.5. The maximum absolute atomic E-state index is 6.15. The van der Waals surface area contributed by atoms with Crippen molar-refractivity contribution in [2.24, 2.45) is 0 Å². The van der Waals surface area contributed by atoms with Crippen LogP contribution in [0.15, 0.2) is 46.4 Å². The molecule has 0 bridgehead atoms. The molecule has 0 atom stereocenters. The first-order valence-corrected chi connectivity index (χ1v) is 9.62. The lowest BCUT2D eigenvalue weighted by Crippen LogP contribution is -2.00. The fourth-order valence-electron chi connectivity index (χ4n) is 2.33. The second kappa shape index (κ2) is 6.66. The van der Waals surface area contributed by atoms with Crippen LogP contribution in [-0.2, 0) is 6.54 Å². The molecule has 8 heteroatoms. The quantitative estimate of drug-likeness (QED) is 0.463. The van der Waals surface area contributed by atoms with Crippen molar-refractivity contribution >= 4 is 34.7 Å². The summed E-state index contributed by atoms with van der Waals surface area (Å²) in [4.78, 5) is 10.0. The zero-order valence-electron chi connectivity index (χ0n) is 12.7. The maximum Gasteiger partial charge on any atom is 0.198 e. The SMILES string of the molecule is C=CCn1c(Sc2cc(Cl)nc(C3CC3)n2)nnc1-c1cccs1. The molecule has 0 spiro atoms. The van der Waals surface area contributed by atoms with Crippen LogP contribution >= 0.6 is 34.7 Å². The van der Waals surface area contributed by atoms with Crippen molar-refractivity contribution in [2.45, 2.75) is 35.5 Å². The average molecular weight is 376 g/mol. The van der Waals surface area contributed by atoms with Crippen molar-refractivity contribution in [2.75, 3.05) is 0 Å². The van der Waals surface area contributed by atoms with Crippen LogP contribution in [0.5, 0.6) is 0 Å². The van der Waals surface area contributed by atoms with E-state index in [2.05, 4.69) is 26.7 Å². The van der Waals surface area contributed by atoms with E-state index in [-0.39, 0.29) is 0 Å². The summed E-state index contributed by atoms with van der Waals surface area (Å²) in [5.74, 6) is 2.13. The number of thiophene rings is 1. The van der Waals surface area contributed by atoms with Gasteiger partial charge in [0.15, 0.2) is 11.0 Å². The Morgan fingerprint density at radius 2 is 2.25 bits per heavy atom. The van der Waals surface area contributed by atoms with Gasteiger partial charge in [0.05, 0.1) is 4.88 Å². The molecule has 0 N–H and O–H groups in total. The van der Waals surface area contributed by atoms with E-state index in [1.807, 2.05) is 28.2 Å². The Morgan fingerprint density at radius 3 is 2.96 bits per heavy atom. The number of rotatable bonds is 6. The molecule has 3 aromatic heterocycles. The van der Waals surface area contributed by atoms with Gasteiger partial charge in [-0.3, -0.25) is 4.57 Å². The molecule has 122 valence electrons. The average Bonchev–Trinajstić information content (AvgIpc) is 3.14. The van der Waals surface area contributed by atoms with Crippen molar-refractivity contribution in [3.8, 4) is 10.7 Å². The van der Waals surface area contributed by atoms with Gasteiger partial charge in [-0.2, -0.15) is 0 Å². The first-order chi connectivity index (χ1) is 11.7. The van der Waals surface area contributed by atoms with Crippen LogP contribution in [0.4, 0.5) is 0 Å². The number of hydrogen-bond acceptors (Lipinski definition) is 6. The summed E-state index contributed by atoms with van der Waals surface area (Å²) in [5.41, 5.74) is 0. The minimum atomic E-state index is 0.454. The Kier molecular flexibility index (Phi) is 4.39. The van der Waals surface area contributed by atoms with Crippen molar-refractivity contribution < 1.29 is 0 Å². The van der Waals surface area contributed by atoms with E-state index in [1.54, 1.807) is 17.4 Å². The van der Waals surface area contributed by atoms with Gasteiger partial charge in [0.25, 0.3) is 0 Å². The van der Waals surface area contributed by atoms with Gasteiger partial charge in [0.2, 0.25) is 0 Å². The standard InChI is InChI=1S/C16H14ClN5S2/c1-2-7-22-15(11-4-3-8-23-11)20-21-16(22)24-13-9-12(17)18-14(19-13)10-5-6-10/h2-4,8-10H,1,5-7H2. The topological polar surface area (TPSA) is 56.5 Å². The van der Waals surface area contributed by atoms with Crippen LogP contribution in [0.1, 0.15) is 24.6 Å². The summed E-state index contributed by atoms with van der Waals surface area (Å²) in [5, 5.41) is 12.8. The second-order valence-corrected chi connectivity index (χ2v) is 7.77. The molecule has 1 aliphatic carbocycles. The minimum Gasteiger partial charge on any atom is -0.297 e. The number of halogens is 1. The molecule has 0 aromatic carbocycles. The lowest BCUT2D eigenvalue weighted by Gasteiger charge is -2.07. The van der Waals surface area contributed by atoms with Crippen molar-refractivity contribution in [3.05, 3.63) is 47.2 Å². The van der Waals surface area contributed by atoms with E-state index >= 15 is 0 Å². The molecule has 5 nitrogen and oxygen atoms in total. The molecule has 0 saturated heterocycles. The van der Waals surface area contributed by atoms with Gasteiger partial charge in [0.1, 0.15) is 16.0 Å². The van der Waals surface area contributed by atoms with E-state index in [0.717, 1.165) is 39.5 Å². The third kappa shape index (κ3) is 3.24. The number of hydrogen-bond donors (Lipinski definition) is 0. The van der Waals surface area contributed by atoms with E-state index in [9.17, 15) is 0 Å². The van der Waals surface area contributed by atoms with Gasteiger partial charge in [-0.1, -0.05) is 23.7 Å². The monoisotopic (exact) mass is 375 g/mol. The van der Waals surface area contributed by atoms with E-state index in [1.165, 1.54) is 11.8 Å². The largest absolute Gasteiger partial charge is 0.297 e. The molecule has 0 unspecified atom stereocenters. The fraction of sp³-hybridized carbons (Fsp3) is 0.250. The summed E-state index contributed by atoms with van der Waals surface area (Å²) in [7, 11) is 0. The lowest BCUT2D eigenvalue weighted by molar-refractivity contribution is 0.730. The molecule has 0 radical (unpaired) electrons. The van der Waals surface area contributed by atoms with Gasteiger partial charge < -0.3 is 0 Å². The highest BCUT2D eigenvalue weighted by molar-refractivity contribution is 7.99. The van der Waals surface area contributed by atoms with Gasteiger partial charge >= 0.3 is 0 Å². The van der Waals surface area contributed by atoms with Gasteiger partial charge in [-0.25, -0.2) is 9.97 Å². The smallest absolute Gasteiger partial charge is 0.198 e. The summed E-state index contributed by atoms with van der Waals surface area (Å²) in [6.07, 6.45) is 4.12. The molecule has 24 heavy (non-hydrogen) atoms. The van der Waals surface area contributed by atoms with Crippen molar-refractivity contribution in [3.63, 3.8) is 0 Å². The van der Waals surface area contributed by atoms with E-state index in [0.29, 0.717) is 17.6 Å². The van der Waals surface area contributed by atoms with Gasteiger partial charge in [0, 0.05) is 18.5 Å². The number of allylic oxidation sites excluding steroid dienone is 1. The van der Waals surface area contributed by atoms with Crippen molar-refractivity contribution in [1.29, 1.82) is 0 Å². The third-order valence-corrected chi connectivity index (χ3v) is 5.56. The Labute approximate surface area is 152 Å². The van der Waals surface area contributed by atoms with Gasteiger partial charge in [-0.05, 0) is 36.0 Å². The highest BCUT2D eigenvalue weighted by Crippen LogP contribution is 2.39. The molecule has 3 heterocycles. The molecule has 1 fully saturated rings. The first kappa shape index (κ1) is 15.8. The molecule has 3 aromatic rings. The Hall–Kier alpha value is -1.70. The Morgan fingerprint density at radius 1 is 1.38 bits per heavy atom. The molecule has 0 amide bonds. The predicted molar refractivity (Wildman–Crippen MR) is 96.7 cm³/mol. The predicted octanol–water partition coefficient (Wildman–Crippen LogP) is 4.66. The molecule has 0 aliphatic heterocycles. The Bertz CT molecular complexity index is 871. The van der Waals surface area contributed by atoms with Crippen LogP contribution in [0.3, 0.4) is 0 Å². The molecule has 4 rings (SSSR count). The maximum atomic E-state index is 6.15. The summed E-state index contributed by atoms with van der Waals surface area (Å²) in [6.45, 7) is 4.47. The zero-order valence-corrected chi connectivity index (χ0v) is 15.1. The second-order valence-electron chi connectivity index (χ2n) is 5.45. The van der Waals surface area contributed by atoms with Crippen molar-refractivity contribution in [1.82, 2.24) is 24.7 Å². The summed E-state index contributed by atoms with van der Waals surface area (Å²) < 4.78 is 2.04. The van der Waals surface area contributed by atoms with Crippen LogP contribution in [-0.4, -0.2) is 24.7 Å². The summed E-state index contributed by atoms with van der Waals surface area (Å²) >= 11 is 9.25.